The van der Waals surface area contributed by atoms with Crippen LogP contribution in [0.15, 0.2) is 11.6 Å². The second kappa shape index (κ2) is 21.6. The van der Waals surface area contributed by atoms with E-state index in [1.807, 2.05) is 0 Å². The van der Waals surface area contributed by atoms with Crippen LogP contribution in [0.3, 0.4) is 0 Å². The van der Waals surface area contributed by atoms with E-state index in [1.54, 1.807) is 0 Å². The summed E-state index contributed by atoms with van der Waals surface area (Å²) >= 11 is 0. The monoisotopic (exact) mass is 1090 g/mol. The first kappa shape index (κ1) is 59.5. The predicted molar refractivity (Wildman–Crippen MR) is 263 cm³/mol. The van der Waals surface area contributed by atoms with E-state index in [9.17, 15) is 71.5 Å². The second-order valence-corrected chi connectivity index (χ2v) is 26.5. The molecule has 4 aliphatic heterocycles. The van der Waals surface area contributed by atoms with E-state index in [2.05, 4.69) is 54.5 Å². The first-order valence-electron chi connectivity index (χ1n) is 27.8. The molecule has 4 saturated carbocycles. The molecule has 0 aromatic carbocycles. The van der Waals surface area contributed by atoms with Gasteiger partial charge in [-0.1, -0.05) is 60.1 Å². The topological polar surface area (TPSA) is 357 Å². The van der Waals surface area contributed by atoms with E-state index in [0.717, 1.165) is 44.9 Å². The Kier molecular flexibility index (Phi) is 16.9. The molecule has 4 heterocycles. The highest BCUT2D eigenvalue weighted by molar-refractivity contribution is 5.35. The number of rotatable bonds is 12. The maximum atomic E-state index is 12.4. The minimum Gasteiger partial charge on any atom is -0.396 e. The van der Waals surface area contributed by atoms with Gasteiger partial charge in [-0.15, -0.1) is 0 Å². The molecule has 0 bridgehead atoms. The van der Waals surface area contributed by atoms with Crippen molar-refractivity contribution in [2.75, 3.05) is 26.4 Å². The van der Waals surface area contributed by atoms with E-state index in [4.69, 9.17) is 37.9 Å². The molecule has 9 aliphatic rings. The van der Waals surface area contributed by atoms with Gasteiger partial charge in [-0.05, 0) is 110 Å². The number of aliphatic hydroxyl groups excluding tert-OH is 14. The average molecular weight is 1090 g/mol. The predicted octanol–water partition coefficient (Wildman–Crippen LogP) is -1.56. The number of fused-ring (bicyclic) bond motifs is 7. The lowest BCUT2D eigenvalue weighted by molar-refractivity contribution is -0.395. The molecule has 22 heteroatoms. The molecule has 0 aromatic heterocycles. The Morgan fingerprint density at radius 2 is 1.12 bits per heavy atom. The van der Waals surface area contributed by atoms with Crippen molar-refractivity contribution >= 4 is 0 Å². The lowest BCUT2D eigenvalue weighted by atomic mass is 9.33. The van der Waals surface area contributed by atoms with Gasteiger partial charge < -0.3 is 109 Å². The van der Waals surface area contributed by atoms with Gasteiger partial charge >= 0.3 is 0 Å². The summed E-state index contributed by atoms with van der Waals surface area (Å²) in [7, 11) is 0. The fourth-order valence-corrected chi connectivity index (χ4v) is 16.6. The van der Waals surface area contributed by atoms with Crippen LogP contribution in [0.2, 0.25) is 0 Å². The zero-order valence-electron chi connectivity index (χ0n) is 45.2. The van der Waals surface area contributed by atoms with Gasteiger partial charge in [0.15, 0.2) is 25.2 Å². The number of hydrogen-bond acceptors (Lipinski definition) is 22. The van der Waals surface area contributed by atoms with E-state index < -0.39 is 166 Å². The Hall–Kier alpha value is -1.14. The molecule has 0 amide bonds. The third-order valence-corrected chi connectivity index (χ3v) is 21.5. The summed E-state index contributed by atoms with van der Waals surface area (Å²) in [6.07, 6.45) is -24.9. The summed E-state index contributed by atoms with van der Waals surface area (Å²) < 4.78 is 48.6. The SMILES string of the molecule is CC1OC(OC2C(OC3CCC4(C)C(CCC5(C)C4CC=C4C6CC(C)(C)CCC6(CO)C(O)CC45C)C3(C)C)OC(CO)C(OC3OC(COC4OC(CO)C(O)C(O)C4O)C(O)C(O)C3O)C2O)C(O)C(O)C1O. The van der Waals surface area contributed by atoms with Gasteiger partial charge in [-0.2, -0.15) is 0 Å². The van der Waals surface area contributed by atoms with Gasteiger partial charge in [-0.3, -0.25) is 0 Å². The van der Waals surface area contributed by atoms with Crippen molar-refractivity contribution in [3.05, 3.63) is 11.6 Å². The van der Waals surface area contributed by atoms with Crippen LogP contribution < -0.4 is 0 Å². The van der Waals surface area contributed by atoms with Gasteiger partial charge in [0.2, 0.25) is 0 Å². The van der Waals surface area contributed by atoms with Crippen LogP contribution >= 0.6 is 0 Å². The molecule has 5 aliphatic carbocycles. The largest absolute Gasteiger partial charge is 0.396 e. The van der Waals surface area contributed by atoms with Crippen LogP contribution in [0.25, 0.3) is 0 Å². The Morgan fingerprint density at radius 1 is 0.539 bits per heavy atom. The molecule has 0 radical (unpaired) electrons. The van der Waals surface area contributed by atoms with Crippen molar-refractivity contribution in [1.82, 2.24) is 0 Å². The Balaban J connectivity index is 0.956. The normalized spacial score (nSPS) is 55.1. The van der Waals surface area contributed by atoms with E-state index in [0.29, 0.717) is 12.8 Å². The highest BCUT2D eigenvalue weighted by Gasteiger charge is 2.70. The number of aliphatic hydroxyl groups is 14. The minimum atomic E-state index is -1.99. The van der Waals surface area contributed by atoms with Crippen LogP contribution in [0.4, 0.5) is 0 Å². The van der Waals surface area contributed by atoms with Gasteiger partial charge in [-0.25, -0.2) is 0 Å². The minimum absolute atomic E-state index is 0.0421. The van der Waals surface area contributed by atoms with Gasteiger partial charge in [0.05, 0.1) is 44.7 Å². The van der Waals surface area contributed by atoms with Crippen molar-refractivity contribution in [2.24, 2.45) is 50.2 Å². The van der Waals surface area contributed by atoms with Gasteiger partial charge in [0.25, 0.3) is 0 Å². The molecule has 4 saturated heterocycles. The van der Waals surface area contributed by atoms with Crippen LogP contribution in [0, 0.1) is 50.2 Å². The Morgan fingerprint density at radius 3 is 1.76 bits per heavy atom. The average Bonchev–Trinajstić information content (AvgIpc) is 3.37. The zero-order chi connectivity index (χ0) is 55.6. The molecule has 29 atom stereocenters. The molecular formula is C54H90O22. The van der Waals surface area contributed by atoms with E-state index in [-0.39, 0.29) is 46.0 Å². The van der Waals surface area contributed by atoms with Crippen molar-refractivity contribution in [1.29, 1.82) is 0 Å². The van der Waals surface area contributed by atoms with Crippen LogP contribution in [-0.4, -0.2) is 233 Å². The van der Waals surface area contributed by atoms with E-state index in [1.165, 1.54) is 12.5 Å². The third-order valence-electron chi connectivity index (χ3n) is 21.5. The Bertz CT molecular complexity index is 2050. The molecule has 0 spiro atoms. The summed E-state index contributed by atoms with van der Waals surface area (Å²) in [5.41, 5.74) is -0.300. The zero-order valence-corrected chi connectivity index (χ0v) is 45.2. The van der Waals surface area contributed by atoms with Crippen molar-refractivity contribution in [3.8, 4) is 0 Å². The molecule has 14 N–H and O–H groups in total. The van der Waals surface area contributed by atoms with Gasteiger partial charge in [0, 0.05) is 5.41 Å². The third kappa shape index (κ3) is 9.61. The molecule has 22 nitrogen and oxygen atoms in total. The number of ether oxygens (including phenoxy) is 8. The summed E-state index contributed by atoms with van der Waals surface area (Å²) in [4.78, 5) is 0. The first-order chi connectivity index (χ1) is 35.5. The van der Waals surface area contributed by atoms with Gasteiger partial charge in [0.1, 0.15) is 91.6 Å². The molecule has 76 heavy (non-hydrogen) atoms. The summed E-state index contributed by atoms with van der Waals surface area (Å²) in [5.74, 6) is 0.425. The molecule has 438 valence electrons. The summed E-state index contributed by atoms with van der Waals surface area (Å²) in [6, 6.07) is 0. The molecular weight excluding hydrogens is 1000 g/mol. The maximum absolute atomic E-state index is 12.4. The standard InChI is InChI=1S/C54H90O22/c1-23-33(59)36(62)40(66)46(70-23)76-44-42(68)43(75-47-41(67)38(64)35(61)28(73-47)21-69-45-39(65)37(63)34(60)26(19-55)71-45)27(20-56)72-48(44)74-32-12-13-51(6)29(50(32,4)5)11-14-52(7)30(51)10-9-24-25-17-49(2,3)15-16-54(25,22-57)31(58)18-53(24,52)8/h9,23,25-48,55-68H,10-22H2,1-8H3. The Labute approximate surface area is 444 Å². The number of hydrogen-bond donors (Lipinski definition) is 14. The fraction of sp³-hybridized carbons (Fsp3) is 0.963. The van der Waals surface area contributed by atoms with Crippen LogP contribution in [0.1, 0.15) is 113 Å². The van der Waals surface area contributed by atoms with Crippen LogP contribution in [-0.2, 0) is 37.9 Å². The fourth-order valence-electron chi connectivity index (χ4n) is 16.6. The van der Waals surface area contributed by atoms with E-state index >= 15 is 0 Å². The maximum Gasteiger partial charge on any atom is 0.187 e. The van der Waals surface area contributed by atoms with Crippen molar-refractivity contribution in [2.45, 2.75) is 248 Å². The van der Waals surface area contributed by atoms with Crippen molar-refractivity contribution in [3.63, 3.8) is 0 Å². The highest BCUT2D eigenvalue weighted by Crippen LogP contribution is 2.76. The highest BCUT2D eigenvalue weighted by atomic mass is 16.8. The lowest BCUT2D eigenvalue weighted by Crippen LogP contribution is -2.68. The second-order valence-electron chi connectivity index (χ2n) is 26.5. The summed E-state index contributed by atoms with van der Waals surface area (Å²) in [5, 5.41) is 153. The first-order valence-corrected chi connectivity index (χ1v) is 27.8. The van der Waals surface area contributed by atoms with Crippen molar-refractivity contribution < 1.29 is 109 Å². The molecule has 9 rings (SSSR count). The smallest absolute Gasteiger partial charge is 0.187 e. The molecule has 0 aromatic rings. The lowest BCUT2D eigenvalue weighted by Gasteiger charge is -2.72. The number of allylic oxidation sites excluding steroid dienone is 2. The molecule has 29 unspecified atom stereocenters. The molecule has 8 fully saturated rings. The summed E-state index contributed by atoms with van der Waals surface area (Å²) in [6.45, 7) is 15.3. The quantitative estimate of drug-likeness (QED) is 0.0776. The van der Waals surface area contributed by atoms with Crippen LogP contribution in [0.5, 0.6) is 0 Å².